The molecule has 0 radical (unpaired) electrons. The second kappa shape index (κ2) is 6.53. The van der Waals surface area contributed by atoms with Gasteiger partial charge in [0.2, 0.25) is 0 Å². The average Bonchev–Trinajstić information content (AvgIpc) is 2.18. The van der Waals surface area contributed by atoms with Gasteiger partial charge in [0.25, 0.3) is 0 Å². The van der Waals surface area contributed by atoms with Gasteiger partial charge >= 0.3 is 0 Å². The first-order chi connectivity index (χ1) is 7.22. The molecule has 1 aromatic rings. The Morgan fingerprint density at radius 1 is 1.33 bits per heavy atom. The number of aliphatic hydroxyl groups is 2. The Bertz CT molecular complexity index is 289. The van der Waals surface area contributed by atoms with E-state index in [-0.39, 0.29) is 12.7 Å². The molecule has 0 saturated carbocycles. The number of hydrogen-bond donors (Lipinski definition) is 2. The van der Waals surface area contributed by atoms with Crippen LogP contribution >= 0.6 is 0 Å². The van der Waals surface area contributed by atoms with Crippen LogP contribution in [0.4, 0.5) is 0 Å². The Kier molecular flexibility index (Phi) is 5.29. The number of aryl methyl sites for hydroxylation is 2. The summed E-state index contributed by atoms with van der Waals surface area (Å²) < 4.78 is 0. The fraction of sp³-hybridized carbons (Fsp3) is 0.583. The predicted octanol–water partition coefficient (Wildman–Crippen LogP) is 1.46. The maximum Gasteiger partial charge on any atom is 0.0562 e. The number of nitrogens with zero attached hydrogens (tertiary/aromatic N) is 1. The Morgan fingerprint density at radius 3 is 2.80 bits per heavy atom. The molecule has 1 aromatic heterocycles. The van der Waals surface area contributed by atoms with E-state index in [1.165, 1.54) is 0 Å². The minimum absolute atomic E-state index is 0.0594. The first-order valence-electron chi connectivity index (χ1n) is 5.44. The molecule has 0 bridgehead atoms. The van der Waals surface area contributed by atoms with Crippen molar-refractivity contribution in [3.63, 3.8) is 0 Å². The fourth-order valence-electron chi connectivity index (χ4n) is 1.55. The summed E-state index contributed by atoms with van der Waals surface area (Å²) in [6.07, 6.45) is 2.64. The highest BCUT2D eigenvalue weighted by molar-refractivity contribution is 5.09. The standard InChI is InChI=1S/C12H19NO2/c1-10-4-2-5-11(13-10)6-3-7-12(15)8-9-14/h2,4-5,12,14-15H,3,6-9H2,1H3. The van der Waals surface area contributed by atoms with Gasteiger partial charge < -0.3 is 10.2 Å². The zero-order valence-corrected chi connectivity index (χ0v) is 9.19. The average molecular weight is 209 g/mol. The van der Waals surface area contributed by atoms with Crippen LogP contribution in [0.5, 0.6) is 0 Å². The van der Waals surface area contributed by atoms with Crippen molar-refractivity contribution in [1.82, 2.24) is 4.98 Å². The molecule has 0 aliphatic rings. The molecule has 3 nitrogen and oxygen atoms in total. The minimum Gasteiger partial charge on any atom is -0.396 e. The van der Waals surface area contributed by atoms with Crippen LogP contribution < -0.4 is 0 Å². The summed E-state index contributed by atoms with van der Waals surface area (Å²) in [5.41, 5.74) is 2.11. The summed E-state index contributed by atoms with van der Waals surface area (Å²) in [7, 11) is 0. The molecule has 0 amide bonds. The van der Waals surface area contributed by atoms with Crippen LogP contribution in [0.3, 0.4) is 0 Å². The second-order valence-electron chi connectivity index (χ2n) is 3.83. The lowest BCUT2D eigenvalue weighted by Gasteiger charge is -2.08. The van der Waals surface area contributed by atoms with E-state index in [1.807, 2.05) is 25.1 Å². The zero-order valence-electron chi connectivity index (χ0n) is 9.19. The Morgan fingerprint density at radius 2 is 2.13 bits per heavy atom. The van der Waals surface area contributed by atoms with Crippen molar-refractivity contribution in [3.05, 3.63) is 29.6 Å². The lowest BCUT2D eigenvalue weighted by atomic mass is 10.1. The maximum absolute atomic E-state index is 9.40. The van der Waals surface area contributed by atoms with Gasteiger partial charge in [-0.15, -0.1) is 0 Å². The van der Waals surface area contributed by atoms with Gasteiger partial charge in [0.15, 0.2) is 0 Å². The van der Waals surface area contributed by atoms with Gasteiger partial charge in [0.1, 0.15) is 0 Å². The minimum atomic E-state index is -0.375. The number of aromatic nitrogens is 1. The van der Waals surface area contributed by atoms with Crippen molar-refractivity contribution >= 4 is 0 Å². The monoisotopic (exact) mass is 209 g/mol. The van der Waals surface area contributed by atoms with Gasteiger partial charge in [-0.1, -0.05) is 6.07 Å². The van der Waals surface area contributed by atoms with Crippen molar-refractivity contribution in [2.24, 2.45) is 0 Å². The molecule has 3 heteroatoms. The van der Waals surface area contributed by atoms with E-state index >= 15 is 0 Å². The van der Waals surface area contributed by atoms with E-state index in [0.717, 1.165) is 30.7 Å². The van der Waals surface area contributed by atoms with Crippen LogP contribution in [0.2, 0.25) is 0 Å². The van der Waals surface area contributed by atoms with Crippen molar-refractivity contribution in [2.75, 3.05) is 6.61 Å². The zero-order chi connectivity index (χ0) is 11.1. The van der Waals surface area contributed by atoms with Crippen LogP contribution in [0.25, 0.3) is 0 Å². The highest BCUT2D eigenvalue weighted by atomic mass is 16.3. The molecular formula is C12H19NO2. The fourth-order valence-corrected chi connectivity index (χ4v) is 1.55. The van der Waals surface area contributed by atoms with Gasteiger partial charge in [-0.05, 0) is 44.7 Å². The Hall–Kier alpha value is -0.930. The topological polar surface area (TPSA) is 53.4 Å². The smallest absolute Gasteiger partial charge is 0.0562 e. The van der Waals surface area contributed by atoms with Gasteiger partial charge in [-0.25, -0.2) is 0 Å². The van der Waals surface area contributed by atoms with Crippen molar-refractivity contribution in [3.8, 4) is 0 Å². The molecular weight excluding hydrogens is 190 g/mol. The highest BCUT2D eigenvalue weighted by Gasteiger charge is 2.03. The van der Waals surface area contributed by atoms with E-state index < -0.39 is 0 Å². The van der Waals surface area contributed by atoms with Gasteiger partial charge in [0.05, 0.1) is 6.10 Å². The molecule has 1 atom stereocenters. The van der Waals surface area contributed by atoms with Crippen LogP contribution in [0.15, 0.2) is 18.2 Å². The number of aliphatic hydroxyl groups excluding tert-OH is 2. The van der Waals surface area contributed by atoms with Crippen molar-refractivity contribution < 1.29 is 10.2 Å². The normalized spacial score (nSPS) is 12.7. The molecule has 0 aliphatic carbocycles. The second-order valence-corrected chi connectivity index (χ2v) is 3.83. The van der Waals surface area contributed by atoms with Gasteiger partial charge in [-0.3, -0.25) is 4.98 Å². The first kappa shape index (κ1) is 12.1. The summed E-state index contributed by atoms with van der Waals surface area (Å²) in [6, 6.07) is 5.98. The lowest BCUT2D eigenvalue weighted by Crippen LogP contribution is -2.09. The Balaban J connectivity index is 2.25. The van der Waals surface area contributed by atoms with E-state index in [9.17, 15) is 5.11 Å². The van der Waals surface area contributed by atoms with Crippen molar-refractivity contribution in [1.29, 1.82) is 0 Å². The SMILES string of the molecule is Cc1cccc(CCCC(O)CCO)n1. The van der Waals surface area contributed by atoms with E-state index in [2.05, 4.69) is 4.98 Å². The third-order valence-corrected chi connectivity index (χ3v) is 2.38. The van der Waals surface area contributed by atoms with E-state index in [1.54, 1.807) is 0 Å². The van der Waals surface area contributed by atoms with Crippen LogP contribution in [-0.4, -0.2) is 27.9 Å². The van der Waals surface area contributed by atoms with E-state index in [0.29, 0.717) is 6.42 Å². The summed E-state index contributed by atoms with van der Waals surface area (Å²) in [5.74, 6) is 0. The summed E-state index contributed by atoms with van der Waals surface area (Å²) in [5, 5.41) is 18.0. The highest BCUT2D eigenvalue weighted by Crippen LogP contribution is 2.07. The van der Waals surface area contributed by atoms with Crippen LogP contribution in [-0.2, 0) is 6.42 Å². The molecule has 1 unspecified atom stereocenters. The summed E-state index contributed by atoms with van der Waals surface area (Å²) >= 11 is 0. The summed E-state index contributed by atoms with van der Waals surface area (Å²) in [6.45, 7) is 2.04. The van der Waals surface area contributed by atoms with Crippen LogP contribution in [0, 0.1) is 6.92 Å². The molecule has 0 spiro atoms. The number of pyridine rings is 1. The Labute approximate surface area is 90.8 Å². The van der Waals surface area contributed by atoms with Crippen LogP contribution in [0.1, 0.15) is 30.7 Å². The number of rotatable bonds is 6. The number of hydrogen-bond acceptors (Lipinski definition) is 3. The van der Waals surface area contributed by atoms with Gasteiger partial charge in [-0.2, -0.15) is 0 Å². The molecule has 1 rings (SSSR count). The van der Waals surface area contributed by atoms with Crippen molar-refractivity contribution in [2.45, 2.75) is 38.7 Å². The lowest BCUT2D eigenvalue weighted by molar-refractivity contribution is 0.123. The third kappa shape index (κ3) is 4.91. The maximum atomic E-state index is 9.40. The largest absolute Gasteiger partial charge is 0.396 e. The predicted molar refractivity (Wildman–Crippen MR) is 59.6 cm³/mol. The van der Waals surface area contributed by atoms with Gasteiger partial charge in [0, 0.05) is 18.0 Å². The molecule has 0 saturated heterocycles. The molecule has 15 heavy (non-hydrogen) atoms. The first-order valence-corrected chi connectivity index (χ1v) is 5.44. The molecule has 0 aromatic carbocycles. The quantitative estimate of drug-likeness (QED) is 0.745. The molecule has 1 heterocycles. The summed E-state index contributed by atoms with van der Waals surface area (Å²) in [4.78, 5) is 4.39. The molecule has 0 fully saturated rings. The molecule has 84 valence electrons. The third-order valence-electron chi connectivity index (χ3n) is 2.38. The van der Waals surface area contributed by atoms with E-state index in [4.69, 9.17) is 5.11 Å². The molecule has 2 N–H and O–H groups in total. The molecule has 0 aliphatic heterocycles.